The van der Waals surface area contributed by atoms with Crippen molar-refractivity contribution in [2.75, 3.05) is 19.0 Å². The fourth-order valence-electron chi connectivity index (χ4n) is 2.30. The standard InChI is InChI=1S/C15H21N5O/c1-3-6-17-14-7-11(9-21-2)18-15(19-14)13-8-16-10-20(13)12-4-5-12/h7-8,10,12H,3-6,9H2,1-2H3,(H,17,18,19). The van der Waals surface area contributed by atoms with Crippen molar-refractivity contribution >= 4 is 5.82 Å². The summed E-state index contributed by atoms with van der Waals surface area (Å²) in [7, 11) is 1.68. The van der Waals surface area contributed by atoms with Gasteiger partial charge in [0.25, 0.3) is 0 Å². The van der Waals surface area contributed by atoms with Gasteiger partial charge >= 0.3 is 0 Å². The monoisotopic (exact) mass is 287 g/mol. The lowest BCUT2D eigenvalue weighted by atomic mass is 10.3. The van der Waals surface area contributed by atoms with Crippen LogP contribution in [0.1, 0.15) is 37.9 Å². The van der Waals surface area contributed by atoms with Crippen molar-refractivity contribution in [1.82, 2.24) is 19.5 Å². The highest BCUT2D eigenvalue weighted by Crippen LogP contribution is 2.37. The lowest BCUT2D eigenvalue weighted by molar-refractivity contribution is 0.181. The largest absolute Gasteiger partial charge is 0.378 e. The molecule has 2 heterocycles. The van der Waals surface area contributed by atoms with Gasteiger partial charge < -0.3 is 14.6 Å². The number of methoxy groups -OCH3 is 1. The smallest absolute Gasteiger partial charge is 0.180 e. The van der Waals surface area contributed by atoms with Gasteiger partial charge in [0.05, 0.1) is 24.8 Å². The lowest BCUT2D eigenvalue weighted by Gasteiger charge is -2.10. The third kappa shape index (κ3) is 3.21. The number of aromatic nitrogens is 4. The number of imidazole rings is 1. The maximum absolute atomic E-state index is 5.21. The molecular formula is C15H21N5O. The number of anilines is 1. The van der Waals surface area contributed by atoms with Gasteiger partial charge in [0, 0.05) is 25.8 Å². The van der Waals surface area contributed by atoms with E-state index in [2.05, 4.69) is 31.8 Å². The summed E-state index contributed by atoms with van der Waals surface area (Å²) < 4.78 is 7.39. The van der Waals surface area contributed by atoms with Gasteiger partial charge in [-0.2, -0.15) is 0 Å². The summed E-state index contributed by atoms with van der Waals surface area (Å²) in [5.74, 6) is 1.56. The molecule has 2 aromatic rings. The van der Waals surface area contributed by atoms with Gasteiger partial charge in [0.1, 0.15) is 11.5 Å². The Morgan fingerprint density at radius 3 is 2.95 bits per heavy atom. The van der Waals surface area contributed by atoms with Crippen LogP contribution >= 0.6 is 0 Å². The van der Waals surface area contributed by atoms with Crippen molar-refractivity contribution < 1.29 is 4.74 Å². The predicted octanol–water partition coefficient (Wildman–Crippen LogP) is 2.64. The molecule has 0 bridgehead atoms. The second-order valence-corrected chi connectivity index (χ2v) is 5.35. The maximum atomic E-state index is 5.21. The van der Waals surface area contributed by atoms with E-state index in [0.717, 1.165) is 30.2 Å². The zero-order chi connectivity index (χ0) is 14.7. The molecule has 6 nitrogen and oxygen atoms in total. The van der Waals surface area contributed by atoms with Crippen LogP contribution in [-0.4, -0.2) is 33.2 Å². The topological polar surface area (TPSA) is 64.9 Å². The van der Waals surface area contributed by atoms with Crippen molar-refractivity contribution in [2.24, 2.45) is 0 Å². The van der Waals surface area contributed by atoms with Gasteiger partial charge in [-0.25, -0.2) is 15.0 Å². The van der Waals surface area contributed by atoms with E-state index in [-0.39, 0.29) is 0 Å². The van der Waals surface area contributed by atoms with E-state index < -0.39 is 0 Å². The molecule has 6 heteroatoms. The maximum Gasteiger partial charge on any atom is 0.180 e. The summed E-state index contributed by atoms with van der Waals surface area (Å²) in [6, 6.07) is 2.50. The second-order valence-electron chi connectivity index (χ2n) is 5.35. The highest BCUT2D eigenvalue weighted by atomic mass is 16.5. The van der Waals surface area contributed by atoms with Crippen LogP contribution in [0.15, 0.2) is 18.6 Å². The fraction of sp³-hybridized carbons (Fsp3) is 0.533. The molecule has 21 heavy (non-hydrogen) atoms. The van der Waals surface area contributed by atoms with Crippen LogP contribution in [0.4, 0.5) is 5.82 Å². The van der Waals surface area contributed by atoms with Crippen molar-refractivity contribution in [3.05, 3.63) is 24.3 Å². The first-order valence-electron chi connectivity index (χ1n) is 7.44. The molecular weight excluding hydrogens is 266 g/mol. The molecule has 0 unspecified atom stereocenters. The molecule has 0 atom stereocenters. The molecule has 0 saturated heterocycles. The normalized spacial score (nSPS) is 14.4. The molecule has 0 aromatic carbocycles. The molecule has 3 rings (SSSR count). The first-order chi connectivity index (χ1) is 10.3. The predicted molar refractivity (Wildman–Crippen MR) is 81.0 cm³/mol. The van der Waals surface area contributed by atoms with Gasteiger partial charge in [-0.05, 0) is 19.3 Å². The van der Waals surface area contributed by atoms with Crippen LogP contribution in [0, 0.1) is 0 Å². The fourth-order valence-corrected chi connectivity index (χ4v) is 2.30. The van der Waals surface area contributed by atoms with E-state index in [1.807, 2.05) is 18.6 Å². The highest BCUT2D eigenvalue weighted by Gasteiger charge is 2.26. The Bertz CT molecular complexity index is 606. The van der Waals surface area contributed by atoms with E-state index in [4.69, 9.17) is 4.74 Å². The Hall–Kier alpha value is -1.95. The van der Waals surface area contributed by atoms with Gasteiger partial charge in [0.15, 0.2) is 5.82 Å². The number of rotatable bonds is 7. The van der Waals surface area contributed by atoms with Gasteiger partial charge in [-0.3, -0.25) is 0 Å². The second kappa shape index (κ2) is 6.22. The first-order valence-corrected chi connectivity index (χ1v) is 7.44. The van der Waals surface area contributed by atoms with Gasteiger partial charge in [0.2, 0.25) is 0 Å². The van der Waals surface area contributed by atoms with Crippen LogP contribution in [0.5, 0.6) is 0 Å². The minimum absolute atomic E-state index is 0.480. The number of nitrogens with one attached hydrogen (secondary N) is 1. The number of hydrogen-bond acceptors (Lipinski definition) is 5. The number of ether oxygens (including phenoxy) is 1. The summed E-state index contributed by atoms with van der Waals surface area (Å²) in [5.41, 5.74) is 1.86. The van der Waals surface area contributed by atoms with Crippen LogP contribution in [0.2, 0.25) is 0 Å². The molecule has 0 aliphatic heterocycles. The number of hydrogen-bond donors (Lipinski definition) is 1. The summed E-state index contributed by atoms with van der Waals surface area (Å²) in [4.78, 5) is 13.5. The lowest BCUT2D eigenvalue weighted by Crippen LogP contribution is -2.07. The Morgan fingerprint density at radius 1 is 1.38 bits per heavy atom. The summed E-state index contributed by atoms with van der Waals surface area (Å²) in [6.07, 6.45) is 7.19. The molecule has 1 saturated carbocycles. The molecule has 1 aliphatic carbocycles. The van der Waals surface area contributed by atoms with Crippen LogP contribution < -0.4 is 5.32 Å². The zero-order valence-corrected chi connectivity index (χ0v) is 12.5. The summed E-state index contributed by atoms with van der Waals surface area (Å²) in [6.45, 7) is 3.51. The zero-order valence-electron chi connectivity index (χ0n) is 12.5. The molecule has 1 aliphatic rings. The molecule has 112 valence electrons. The Morgan fingerprint density at radius 2 is 2.24 bits per heavy atom. The molecule has 1 N–H and O–H groups in total. The average Bonchev–Trinajstić information content (AvgIpc) is 3.22. The van der Waals surface area contributed by atoms with E-state index >= 15 is 0 Å². The molecule has 2 aromatic heterocycles. The van der Waals surface area contributed by atoms with Crippen LogP contribution in [-0.2, 0) is 11.3 Å². The molecule has 0 amide bonds. The summed E-state index contributed by atoms with van der Waals surface area (Å²) in [5, 5.41) is 3.32. The molecule has 0 spiro atoms. The van der Waals surface area contributed by atoms with E-state index in [0.29, 0.717) is 18.5 Å². The minimum Gasteiger partial charge on any atom is -0.378 e. The average molecular weight is 287 g/mol. The van der Waals surface area contributed by atoms with Gasteiger partial charge in [-0.15, -0.1) is 0 Å². The quantitative estimate of drug-likeness (QED) is 0.848. The highest BCUT2D eigenvalue weighted by molar-refractivity contribution is 5.53. The SMILES string of the molecule is CCCNc1cc(COC)nc(-c2cncn2C2CC2)n1. The summed E-state index contributed by atoms with van der Waals surface area (Å²) >= 11 is 0. The van der Waals surface area contributed by atoms with Crippen molar-refractivity contribution in [3.63, 3.8) is 0 Å². The minimum atomic E-state index is 0.480. The molecule has 0 radical (unpaired) electrons. The van der Waals surface area contributed by atoms with E-state index in [1.54, 1.807) is 7.11 Å². The van der Waals surface area contributed by atoms with Crippen molar-refractivity contribution in [2.45, 2.75) is 38.8 Å². The van der Waals surface area contributed by atoms with E-state index in [1.165, 1.54) is 12.8 Å². The van der Waals surface area contributed by atoms with Crippen molar-refractivity contribution in [3.8, 4) is 11.5 Å². The number of nitrogens with zero attached hydrogens (tertiary/aromatic N) is 4. The Balaban J connectivity index is 1.95. The van der Waals surface area contributed by atoms with Crippen LogP contribution in [0.3, 0.4) is 0 Å². The van der Waals surface area contributed by atoms with Gasteiger partial charge in [-0.1, -0.05) is 6.92 Å². The first kappa shape index (κ1) is 14.0. The van der Waals surface area contributed by atoms with E-state index in [9.17, 15) is 0 Å². The third-order valence-corrected chi connectivity index (χ3v) is 3.46. The Kier molecular flexibility index (Phi) is 4.15. The third-order valence-electron chi connectivity index (χ3n) is 3.46. The van der Waals surface area contributed by atoms with Crippen molar-refractivity contribution in [1.29, 1.82) is 0 Å². The van der Waals surface area contributed by atoms with Crippen LogP contribution in [0.25, 0.3) is 11.5 Å². The molecule has 1 fully saturated rings. The Labute approximate surface area is 124 Å².